The summed E-state index contributed by atoms with van der Waals surface area (Å²) in [6, 6.07) is -0.0417. The van der Waals surface area contributed by atoms with Gasteiger partial charge in [-0.05, 0) is 12.8 Å². The fourth-order valence-electron chi connectivity index (χ4n) is 0.612. The lowest BCUT2D eigenvalue weighted by Gasteiger charge is -2.11. The van der Waals surface area contributed by atoms with Crippen molar-refractivity contribution >= 4 is 0 Å². The minimum Gasteiger partial charge on any atom is -0.393 e. The molecule has 5 N–H and O–H groups in total. The van der Waals surface area contributed by atoms with Crippen molar-refractivity contribution in [2.24, 2.45) is 11.5 Å². The molecule has 0 radical (unpaired) electrons. The van der Waals surface area contributed by atoms with Crippen LogP contribution in [-0.2, 0) is 0 Å². The molecule has 0 aromatic carbocycles. The second-order valence-electron chi connectivity index (χ2n) is 2.29. The Morgan fingerprint density at radius 3 is 2.44 bits per heavy atom. The van der Waals surface area contributed by atoms with Gasteiger partial charge in [-0.3, -0.25) is 0 Å². The van der Waals surface area contributed by atoms with E-state index in [1.165, 1.54) is 0 Å². The smallest absolute Gasteiger partial charge is 0.0552 e. The van der Waals surface area contributed by atoms with Crippen LogP contribution in [0.3, 0.4) is 0 Å². The molecule has 2 atom stereocenters. The molecule has 0 spiro atoms. The average molecular weight is 132 g/mol. The second kappa shape index (κ2) is 4.73. The third-order valence-corrected chi connectivity index (χ3v) is 1.35. The van der Waals surface area contributed by atoms with Crippen LogP contribution in [0.1, 0.15) is 19.8 Å². The summed E-state index contributed by atoms with van der Waals surface area (Å²) in [5, 5.41) is 9.02. The molecule has 0 saturated heterocycles. The zero-order valence-corrected chi connectivity index (χ0v) is 5.88. The monoisotopic (exact) mass is 132 g/mol. The van der Waals surface area contributed by atoms with Gasteiger partial charge in [0.25, 0.3) is 0 Å². The van der Waals surface area contributed by atoms with E-state index in [-0.39, 0.29) is 12.1 Å². The van der Waals surface area contributed by atoms with E-state index in [1.54, 1.807) is 0 Å². The maximum atomic E-state index is 9.02. The quantitative estimate of drug-likeness (QED) is 0.480. The minimum atomic E-state index is -0.274. The lowest BCUT2D eigenvalue weighted by Crippen LogP contribution is -2.33. The molecule has 1 unspecified atom stereocenters. The van der Waals surface area contributed by atoms with E-state index in [2.05, 4.69) is 0 Å². The molecule has 0 amide bonds. The molecule has 0 fully saturated rings. The highest BCUT2D eigenvalue weighted by molar-refractivity contribution is 4.66. The van der Waals surface area contributed by atoms with Crippen molar-refractivity contribution < 1.29 is 5.11 Å². The molecule has 3 nitrogen and oxygen atoms in total. The topological polar surface area (TPSA) is 72.3 Å². The molecular weight excluding hydrogens is 116 g/mol. The summed E-state index contributed by atoms with van der Waals surface area (Å²) in [7, 11) is 0. The molecule has 9 heavy (non-hydrogen) atoms. The van der Waals surface area contributed by atoms with Gasteiger partial charge in [0.05, 0.1) is 6.10 Å². The van der Waals surface area contributed by atoms with Crippen LogP contribution in [0.2, 0.25) is 0 Å². The molecule has 3 heteroatoms. The van der Waals surface area contributed by atoms with Gasteiger partial charge in [0, 0.05) is 12.6 Å². The fraction of sp³-hybridized carbons (Fsp3) is 1.00. The Morgan fingerprint density at radius 1 is 1.56 bits per heavy atom. The highest BCUT2D eigenvalue weighted by Gasteiger charge is 2.05. The lowest BCUT2D eigenvalue weighted by molar-refractivity contribution is 0.152. The van der Waals surface area contributed by atoms with Gasteiger partial charge in [-0.1, -0.05) is 6.92 Å². The van der Waals surface area contributed by atoms with E-state index in [1.807, 2.05) is 6.92 Å². The minimum absolute atomic E-state index is 0.0417. The van der Waals surface area contributed by atoms with Gasteiger partial charge >= 0.3 is 0 Å². The first-order valence-corrected chi connectivity index (χ1v) is 3.34. The number of hydrogen-bond donors (Lipinski definition) is 3. The Morgan fingerprint density at radius 2 is 2.11 bits per heavy atom. The van der Waals surface area contributed by atoms with Crippen LogP contribution in [0.5, 0.6) is 0 Å². The summed E-state index contributed by atoms with van der Waals surface area (Å²) < 4.78 is 0. The van der Waals surface area contributed by atoms with E-state index in [0.29, 0.717) is 13.0 Å². The zero-order chi connectivity index (χ0) is 7.28. The Hall–Kier alpha value is -0.120. The van der Waals surface area contributed by atoms with Gasteiger partial charge in [-0.2, -0.15) is 0 Å². The molecule has 0 rings (SSSR count). The van der Waals surface area contributed by atoms with Crippen molar-refractivity contribution in [3.8, 4) is 0 Å². The summed E-state index contributed by atoms with van der Waals surface area (Å²) in [4.78, 5) is 0. The number of aliphatic hydroxyl groups excluding tert-OH is 1. The molecule has 0 aromatic rings. The summed E-state index contributed by atoms with van der Waals surface area (Å²) >= 11 is 0. The van der Waals surface area contributed by atoms with Gasteiger partial charge < -0.3 is 16.6 Å². The normalized spacial score (nSPS) is 17.3. The van der Waals surface area contributed by atoms with Crippen LogP contribution >= 0.6 is 0 Å². The third kappa shape index (κ3) is 4.39. The zero-order valence-electron chi connectivity index (χ0n) is 5.88. The van der Waals surface area contributed by atoms with Gasteiger partial charge in [0.15, 0.2) is 0 Å². The average Bonchev–Trinajstić information content (AvgIpc) is 1.87. The molecule has 56 valence electrons. The van der Waals surface area contributed by atoms with E-state index in [4.69, 9.17) is 16.6 Å². The van der Waals surface area contributed by atoms with Crippen LogP contribution < -0.4 is 11.5 Å². The van der Waals surface area contributed by atoms with E-state index >= 15 is 0 Å². The summed E-state index contributed by atoms with van der Waals surface area (Å²) in [6.07, 6.45) is 1.10. The predicted octanol–water partition coefficient (Wildman–Crippen LogP) is -0.567. The first-order valence-electron chi connectivity index (χ1n) is 3.34. The van der Waals surface area contributed by atoms with Crippen LogP contribution in [0.4, 0.5) is 0 Å². The molecule has 0 aromatic heterocycles. The van der Waals surface area contributed by atoms with Crippen molar-refractivity contribution in [3.05, 3.63) is 0 Å². The SMILES string of the molecule is CC[C@@H](O)CC(N)CN. The highest BCUT2D eigenvalue weighted by atomic mass is 16.3. The van der Waals surface area contributed by atoms with Crippen molar-refractivity contribution in [3.63, 3.8) is 0 Å². The second-order valence-corrected chi connectivity index (χ2v) is 2.29. The summed E-state index contributed by atoms with van der Waals surface area (Å²) in [6.45, 7) is 2.38. The number of rotatable bonds is 4. The first-order chi connectivity index (χ1) is 4.20. The van der Waals surface area contributed by atoms with Crippen LogP contribution in [0.25, 0.3) is 0 Å². The predicted molar refractivity (Wildman–Crippen MR) is 37.9 cm³/mol. The van der Waals surface area contributed by atoms with Crippen molar-refractivity contribution in [1.29, 1.82) is 0 Å². The van der Waals surface area contributed by atoms with E-state index in [9.17, 15) is 0 Å². The van der Waals surface area contributed by atoms with Gasteiger partial charge in [0.2, 0.25) is 0 Å². The Kier molecular flexibility index (Phi) is 4.67. The van der Waals surface area contributed by atoms with Gasteiger partial charge in [-0.25, -0.2) is 0 Å². The van der Waals surface area contributed by atoms with Gasteiger partial charge in [0.1, 0.15) is 0 Å². The lowest BCUT2D eigenvalue weighted by atomic mass is 10.1. The third-order valence-electron chi connectivity index (χ3n) is 1.35. The molecule has 0 aliphatic heterocycles. The summed E-state index contributed by atoms with van der Waals surface area (Å²) in [5.74, 6) is 0. The number of hydrogen-bond acceptors (Lipinski definition) is 3. The Labute approximate surface area is 56.0 Å². The standard InChI is InChI=1S/C6H16N2O/c1-2-6(9)3-5(8)4-7/h5-6,9H,2-4,7-8H2,1H3/t5?,6-/m1/s1. The van der Waals surface area contributed by atoms with Crippen molar-refractivity contribution in [2.75, 3.05) is 6.54 Å². The van der Waals surface area contributed by atoms with E-state index < -0.39 is 0 Å². The summed E-state index contributed by atoms with van der Waals surface area (Å²) in [5.41, 5.74) is 10.7. The molecule has 0 heterocycles. The molecular formula is C6H16N2O. The molecule has 0 saturated carbocycles. The van der Waals surface area contributed by atoms with Crippen LogP contribution in [-0.4, -0.2) is 23.8 Å². The number of aliphatic hydroxyl groups is 1. The Bertz CT molecular complexity index is 60.1. The maximum absolute atomic E-state index is 9.02. The largest absolute Gasteiger partial charge is 0.393 e. The molecule has 0 aliphatic rings. The first kappa shape index (κ1) is 8.88. The highest BCUT2D eigenvalue weighted by Crippen LogP contribution is 1.97. The molecule has 0 bridgehead atoms. The van der Waals surface area contributed by atoms with Crippen LogP contribution in [0, 0.1) is 0 Å². The van der Waals surface area contributed by atoms with Crippen LogP contribution in [0.15, 0.2) is 0 Å². The molecule has 0 aliphatic carbocycles. The van der Waals surface area contributed by atoms with E-state index in [0.717, 1.165) is 6.42 Å². The number of nitrogens with two attached hydrogens (primary N) is 2. The Balaban J connectivity index is 3.22. The maximum Gasteiger partial charge on any atom is 0.0552 e. The van der Waals surface area contributed by atoms with Crippen molar-refractivity contribution in [2.45, 2.75) is 31.9 Å². The van der Waals surface area contributed by atoms with Gasteiger partial charge in [-0.15, -0.1) is 0 Å². The van der Waals surface area contributed by atoms with Crippen molar-refractivity contribution in [1.82, 2.24) is 0 Å². The fourth-order valence-corrected chi connectivity index (χ4v) is 0.612.